The Kier molecular flexibility index (Phi) is 4.13. The van der Waals surface area contributed by atoms with Gasteiger partial charge in [-0.3, -0.25) is 15.0 Å². The van der Waals surface area contributed by atoms with Gasteiger partial charge in [0.05, 0.1) is 10.9 Å². The van der Waals surface area contributed by atoms with Crippen LogP contribution in [0.25, 0.3) is 11.0 Å². The van der Waals surface area contributed by atoms with Gasteiger partial charge in [-0.2, -0.15) is 0 Å². The third-order valence-corrected chi connectivity index (χ3v) is 5.63. The lowest BCUT2D eigenvalue weighted by molar-refractivity contribution is 0.0667. The molecule has 3 N–H and O–H groups in total. The van der Waals surface area contributed by atoms with Crippen molar-refractivity contribution in [2.75, 3.05) is 19.6 Å². The Morgan fingerprint density at radius 3 is 2.70 bits per heavy atom. The summed E-state index contributed by atoms with van der Waals surface area (Å²) in [6.45, 7) is 6.33. The summed E-state index contributed by atoms with van der Waals surface area (Å²) in [5.74, 6) is 0.124. The topological polar surface area (TPSA) is 103 Å². The maximum Gasteiger partial charge on any atom is 0.259 e. The van der Waals surface area contributed by atoms with Gasteiger partial charge in [0.2, 0.25) is 5.43 Å². The minimum atomic E-state index is -0.255. The van der Waals surface area contributed by atoms with Crippen molar-refractivity contribution in [1.29, 1.82) is 5.41 Å². The van der Waals surface area contributed by atoms with Crippen LogP contribution in [0.1, 0.15) is 35.8 Å². The van der Waals surface area contributed by atoms with Gasteiger partial charge in [0.25, 0.3) is 5.91 Å². The lowest BCUT2D eigenvalue weighted by atomic mass is 9.88. The average molecular weight is 368 g/mol. The molecule has 2 saturated heterocycles. The van der Waals surface area contributed by atoms with E-state index in [1.165, 1.54) is 0 Å². The van der Waals surface area contributed by atoms with Crippen LogP contribution in [0.5, 0.6) is 0 Å². The largest absolute Gasteiger partial charge is 0.354 e. The Labute approximate surface area is 157 Å². The average Bonchev–Trinajstić information content (AvgIpc) is 3.02. The Morgan fingerprint density at radius 1 is 1.33 bits per heavy atom. The van der Waals surface area contributed by atoms with Gasteiger partial charge < -0.3 is 20.1 Å². The fraction of sp³-hybridized carbons (Fsp3) is 0.474. The van der Waals surface area contributed by atoms with Crippen LogP contribution in [-0.4, -0.2) is 51.5 Å². The third kappa shape index (κ3) is 2.94. The van der Waals surface area contributed by atoms with Crippen molar-refractivity contribution in [1.82, 2.24) is 25.1 Å². The van der Waals surface area contributed by atoms with E-state index in [0.717, 1.165) is 18.5 Å². The Bertz CT molecular complexity index is 988. The highest BCUT2D eigenvalue weighted by molar-refractivity contribution is 5.97. The number of aromatic nitrogens is 2. The van der Waals surface area contributed by atoms with Crippen molar-refractivity contribution in [3.63, 3.8) is 0 Å². The molecular weight excluding hydrogens is 344 g/mol. The normalized spacial score (nSPS) is 18.6. The first-order chi connectivity index (χ1) is 12.9. The smallest absolute Gasteiger partial charge is 0.259 e. The molecule has 1 amide bonds. The van der Waals surface area contributed by atoms with E-state index in [-0.39, 0.29) is 22.4 Å². The molecule has 1 spiro atoms. The van der Waals surface area contributed by atoms with Crippen molar-refractivity contribution in [2.24, 2.45) is 0 Å². The predicted molar refractivity (Wildman–Crippen MR) is 103 cm³/mol. The number of guanidine groups is 1. The fourth-order valence-corrected chi connectivity index (χ4v) is 3.97. The zero-order valence-electron chi connectivity index (χ0n) is 15.6. The number of carbonyl (C=O) groups is 1. The van der Waals surface area contributed by atoms with Crippen LogP contribution in [0, 0.1) is 12.3 Å². The minimum Gasteiger partial charge on any atom is -0.354 e. The number of nitrogens with one attached hydrogen (secondary N) is 3. The maximum absolute atomic E-state index is 13.1. The monoisotopic (exact) mass is 368 g/mol. The van der Waals surface area contributed by atoms with Crippen LogP contribution in [0.15, 0.2) is 23.1 Å². The lowest BCUT2D eigenvalue weighted by Crippen LogP contribution is -2.54. The molecule has 2 fully saturated rings. The lowest BCUT2D eigenvalue weighted by Gasteiger charge is -2.38. The first-order valence-corrected chi connectivity index (χ1v) is 9.33. The molecule has 4 rings (SSSR count). The number of nitrogens with zero attached hydrogens (tertiary/aromatic N) is 3. The number of rotatable bonds is 2. The molecule has 0 aliphatic carbocycles. The van der Waals surface area contributed by atoms with E-state index in [0.29, 0.717) is 43.2 Å². The standard InChI is InChI=1S/C19H24N6O2/c1-3-24-10-14(15(26)13-5-4-12(2)22-16(13)24)17(27)25-8-6-19(7-9-25)11-21-18(20)23-19/h4-5,10H,3,6-9,11H2,1-2H3,(H3,20,21,23). The molecule has 2 aliphatic rings. The first-order valence-electron chi connectivity index (χ1n) is 9.33. The van der Waals surface area contributed by atoms with Gasteiger partial charge in [0.1, 0.15) is 11.2 Å². The number of pyridine rings is 2. The molecule has 2 aromatic rings. The summed E-state index contributed by atoms with van der Waals surface area (Å²) in [7, 11) is 0. The van der Waals surface area contributed by atoms with E-state index in [2.05, 4.69) is 15.6 Å². The Balaban J connectivity index is 1.64. The first kappa shape index (κ1) is 17.5. The number of hydrogen-bond donors (Lipinski definition) is 3. The van der Waals surface area contributed by atoms with Gasteiger partial charge >= 0.3 is 0 Å². The van der Waals surface area contributed by atoms with Gasteiger partial charge in [0.15, 0.2) is 5.96 Å². The minimum absolute atomic E-state index is 0.150. The zero-order chi connectivity index (χ0) is 19.2. The number of hydrogen-bond acceptors (Lipinski definition) is 4. The summed E-state index contributed by atoms with van der Waals surface area (Å²) in [4.78, 5) is 32.2. The molecule has 0 atom stereocenters. The maximum atomic E-state index is 13.1. The molecule has 2 aromatic heterocycles. The Hall–Kier alpha value is -2.90. The second-order valence-corrected chi connectivity index (χ2v) is 7.41. The third-order valence-electron chi connectivity index (χ3n) is 5.63. The summed E-state index contributed by atoms with van der Waals surface area (Å²) in [5, 5.41) is 14.4. The number of amides is 1. The molecule has 142 valence electrons. The molecule has 4 heterocycles. The highest BCUT2D eigenvalue weighted by Gasteiger charge is 2.40. The quantitative estimate of drug-likeness (QED) is 0.728. The van der Waals surface area contributed by atoms with Gasteiger partial charge in [-0.25, -0.2) is 4.98 Å². The van der Waals surface area contributed by atoms with Crippen molar-refractivity contribution in [3.05, 3.63) is 39.8 Å². The second-order valence-electron chi connectivity index (χ2n) is 7.41. The van der Waals surface area contributed by atoms with Crippen molar-refractivity contribution < 1.29 is 4.79 Å². The molecule has 8 heteroatoms. The van der Waals surface area contributed by atoms with Crippen LogP contribution >= 0.6 is 0 Å². The van der Waals surface area contributed by atoms with E-state index in [1.807, 2.05) is 18.4 Å². The van der Waals surface area contributed by atoms with Gasteiger partial charge in [-0.15, -0.1) is 0 Å². The van der Waals surface area contributed by atoms with E-state index >= 15 is 0 Å². The molecule has 8 nitrogen and oxygen atoms in total. The van der Waals surface area contributed by atoms with Crippen molar-refractivity contribution in [3.8, 4) is 0 Å². The number of fused-ring (bicyclic) bond motifs is 1. The van der Waals surface area contributed by atoms with Crippen molar-refractivity contribution in [2.45, 2.75) is 38.8 Å². The van der Waals surface area contributed by atoms with Crippen LogP contribution in [0.2, 0.25) is 0 Å². The summed E-state index contributed by atoms with van der Waals surface area (Å²) < 4.78 is 1.87. The van der Waals surface area contributed by atoms with E-state index < -0.39 is 0 Å². The van der Waals surface area contributed by atoms with Gasteiger partial charge in [0, 0.05) is 38.1 Å². The van der Waals surface area contributed by atoms with Crippen LogP contribution in [0.3, 0.4) is 0 Å². The molecule has 2 aliphatic heterocycles. The van der Waals surface area contributed by atoms with Gasteiger partial charge in [-0.1, -0.05) is 0 Å². The fourth-order valence-electron chi connectivity index (χ4n) is 3.97. The number of likely N-dealkylation sites (tertiary alicyclic amines) is 1. The summed E-state index contributed by atoms with van der Waals surface area (Å²) in [6, 6.07) is 3.56. The molecular formula is C19H24N6O2. The number of carbonyl (C=O) groups excluding carboxylic acids is 1. The predicted octanol–water partition coefficient (Wildman–Crippen LogP) is 0.827. The molecule has 0 unspecified atom stereocenters. The SMILES string of the molecule is CCn1cc(C(=O)N2CCC3(CC2)CNC(=N)N3)c(=O)c2ccc(C)nc21. The van der Waals surface area contributed by atoms with Crippen LogP contribution in [0.4, 0.5) is 0 Å². The van der Waals surface area contributed by atoms with Crippen molar-refractivity contribution >= 4 is 22.9 Å². The second kappa shape index (κ2) is 6.37. The van der Waals surface area contributed by atoms with Gasteiger partial charge in [-0.05, 0) is 38.8 Å². The zero-order valence-corrected chi connectivity index (χ0v) is 15.6. The molecule has 0 saturated carbocycles. The molecule has 27 heavy (non-hydrogen) atoms. The summed E-state index contributed by atoms with van der Waals surface area (Å²) in [5.41, 5.74) is 1.26. The summed E-state index contributed by atoms with van der Waals surface area (Å²) in [6.07, 6.45) is 3.16. The number of piperidine rings is 1. The summed E-state index contributed by atoms with van der Waals surface area (Å²) >= 11 is 0. The van der Waals surface area contributed by atoms with Crippen LogP contribution < -0.4 is 16.1 Å². The highest BCUT2D eigenvalue weighted by atomic mass is 16.2. The molecule has 0 aromatic carbocycles. The molecule has 0 bridgehead atoms. The van der Waals surface area contributed by atoms with E-state index in [9.17, 15) is 9.59 Å². The highest BCUT2D eigenvalue weighted by Crippen LogP contribution is 2.25. The number of aryl methyl sites for hydroxylation is 2. The molecule has 0 radical (unpaired) electrons. The van der Waals surface area contributed by atoms with E-state index in [1.54, 1.807) is 23.2 Å². The van der Waals surface area contributed by atoms with Crippen LogP contribution in [-0.2, 0) is 6.54 Å². The Morgan fingerprint density at radius 2 is 2.07 bits per heavy atom. The van der Waals surface area contributed by atoms with E-state index in [4.69, 9.17) is 5.41 Å².